The Kier molecular flexibility index (Phi) is 1.69. The summed E-state index contributed by atoms with van der Waals surface area (Å²) in [6, 6.07) is 10.8. The molecule has 0 heterocycles. The fraction of sp³-hybridized carbons (Fsp3) is 0. The van der Waals surface area contributed by atoms with Crippen LogP contribution in [0.25, 0.3) is 10.8 Å². The van der Waals surface area contributed by atoms with Gasteiger partial charge in [0, 0.05) is 16.5 Å². The minimum Gasteiger partial charge on any atom is -0.279 e. The van der Waals surface area contributed by atoms with Gasteiger partial charge in [0.15, 0.2) is 0 Å². The molecule has 0 saturated carbocycles. The van der Waals surface area contributed by atoms with Crippen molar-refractivity contribution in [2.75, 3.05) is 0 Å². The molecule has 0 N–H and O–H groups in total. The van der Waals surface area contributed by atoms with E-state index in [0.29, 0.717) is 16.5 Å². The smallest absolute Gasteiger partial charge is 0.237 e. The molecular formula is C14H6O2. The van der Waals surface area contributed by atoms with E-state index < -0.39 is 0 Å². The van der Waals surface area contributed by atoms with Crippen LogP contribution in [0.5, 0.6) is 0 Å². The highest BCUT2D eigenvalue weighted by Gasteiger charge is 2.17. The first-order valence-corrected chi connectivity index (χ1v) is 4.90. The van der Waals surface area contributed by atoms with E-state index in [2.05, 4.69) is 11.8 Å². The second-order valence-electron chi connectivity index (χ2n) is 3.62. The van der Waals surface area contributed by atoms with Gasteiger partial charge in [0.2, 0.25) is 11.6 Å². The Balaban J connectivity index is 2.59. The zero-order valence-corrected chi connectivity index (χ0v) is 8.28. The van der Waals surface area contributed by atoms with E-state index in [-0.39, 0.29) is 11.6 Å². The molecule has 0 fully saturated rings. The van der Waals surface area contributed by atoms with Gasteiger partial charge < -0.3 is 0 Å². The van der Waals surface area contributed by atoms with Gasteiger partial charge in [0.05, 0.1) is 0 Å². The largest absolute Gasteiger partial charge is 0.279 e. The lowest BCUT2D eigenvalue weighted by molar-refractivity contribution is 0.104. The summed E-state index contributed by atoms with van der Waals surface area (Å²) in [6.07, 6.45) is 0. The van der Waals surface area contributed by atoms with E-state index in [1.54, 1.807) is 24.3 Å². The molecule has 2 heteroatoms. The first kappa shape index (κ1) is 8.87. The van der Waals surface area contributed by atoms with Gasteiger partial charge in [0.1, 0.15) is 0 Å². The molecule has 0 spiro atoms. The number of benzene rings is 2. The van der Waals surface area contributed by atoms with Crippen LogP contribution < -0.4 is 0 Å². The number of hydrogen-bond donors (Lipinski definition) is 0. The lowest BCUT2D eigenvalue weighted by atomic mass is 9.97. The predicted molar refractivity (Wildman–Crippen MR) is 60.4 cm³/mol. The van der Waals surface area contributed by atoms with E-state index in [1.807, 2.05) is 12.1 Å². The third-order valence-electron chi connectivity index (χ3n) is 2.68. The van der Waals surface area contributed by atoms with Crippen LogP contribution >= 0.6 is 0 Å². The normalized spacial score (nSPS) is 13.2. The molecule has 0 amide bonds. The number of carbonyl (C=O) groups is 2. The number of ketones is 2. The third-order valence-corrected chi connectivity index (χ3v) is 2.68. The Morgan fingerprint density at radius 1 is 0.750 bits per heavy atom. The molecule has 2 aromatic carbocycles. The molecule has 3 rings (SSSR count). The van der Waals surface area contributed by atoms with Crippen molar-refractivity contribution in [1.82, 2.24) is 0 Å². The second kappa shape index (κ2) is 3.04. The zero-order chi connectivity index (χ0) is 11.1. The Bertz CT molecular complexity index is 645. The maximum absolute atomic E-state index is 11.7. The van der Waals surface area contributed by atoms with Crippen LogP contribution in [0.1, 0.15) is 20.7 Å². The van der Waals surface area contributed by atoms with Crippen molar-refractivity contribution in [3.8, 4) is 11.8 Å². The summed E-state index contributed by atoms with van der Waals surface area (Å²) in [5.74, 6) is 4.15. The Morgan fingerprint density at radius 3 is 1.75 bits per heavy atom. The monoisotopic (exact) mass is 206 g/mol. The van der Waals surface area contributed by atoms with Gasteiger partial charge in [-0.1, -0.05) is 24.3 Å². The fourth-order valence-corrected chi connectivity index (χ4v) is 1.97. The quantitative estimate of drug-likeness (QED) is 0.489. The molecule has 1 aliphatic rings. The van der Waals surface area contributed by atoms with Crippen molar-refractivity contribution in [1.29, 1.82) is 0 Å². The number of Topliss-reactive ketones (excluding diaryl/α,β-unsaturated/α-hetero) is 2. The van der Waals surface area contributed by atoms with E-state index in [4.69, 9.17) is 0 Å². The van der Waals surface area contributed by atoms with E-state index >= 15 is 0 Å². The molecule has 0 atom stereocenters. The summed E-state index contributed by atoms with van der Waals surface area (Å²) in [5.41, 5.74) is 1.04. The SMILES string of the molecule is O=C1C#CC(=O)c2cccc3cccc1c23. The molecule has 0 aliphatic heterocycles. The van der Waals surface area contributed by atoms with Crippen LogP contribution in [0.3, 0.4) is 0 Å². The first-order valence-electron chi connectivity index (χ1n) is 4.90. The number of hydrogen-bond acceptors (Lipinski definition) is 2. The average molecular weight is 206 g/mol. The summed E-state index contributed by atoms with van der Waals surface area (Å²) in [6.45, 7) is 0. The van der Waals surface area contributed by atoms with Crippen LogP contribution in [0, 0.1) is 11.8 Å². The van der Waals surface area contributed by atoms with Gasteiger partial charge in [-0.2, -0.15) is 0 Å². The van der Waals surface area contributed by atoms with Crippen molar-refractivity contribution in [3.63, 3.8) is 0 Å². The minimum atomic E-state index is -0.288. The molecule has 0 aromatic heterocycles. The summed E-state index contributed by atoms with van der Waals surface area (Å²) >= 11 is 0. The molecule has 16 heavy (non-hydrogen) atoms. The molecule has 1 aliphatic carbocycles. The van der Waals surface area contributed by atoms with Crippen molar-refractivity contribution in [3.05, 3.63) is 47.5 Å². The Labute approximate surface area is 91.9 Å². The summed E-state index contributed by atoms with van der Waals surface area (Å²) < 4.78 is 0. The number of carbonyl (C=O) groups excluding carboxylic acids is 2. The van der Waals surface area contributed by atoms with E-state index in [0.717, 1.165) is 5.39 Å². The van der Waals surface area contributed by atoms with Crippen LogP contribution in [-0.2, 0) is 0 Å². The van der Waals surface area contributed by atoms with Crippen molar-refractivity contribution in [2.24, 2.45) is 0 Å². The van der Waals surface area contributed by atoms with E-state index in [1.165, 1.54) is 0 Å². The molecule has 0 radical (unpaired) electrons. The van der Waals surface area contributed by atoms with Crippen molar-refractivity contribution < 1.29 is 9.59 Å². The molecule has 2 nitrogen and oxygen atoms in total. The minimum absolute atomic E-state index is 0.288. The highest BCUT2D eigenvalue weighted by atomic mass is 16.1. The van der Waals surface area contributed by atoms with Crippen molar-refractivity contribution in [2.45, 2.75) is 0 Å². The lowest BCUT2D eigenvalue weighted by Crippen LogP contribution is -1.97. The predicted octanol–water partition coefficient (Wildman–Crippen LogP) is 2.22. The van der Waals surface area contributed by atoms with Crippen LogP contribution in [0.15, 0.2) is 36.4 Å². The van der Waals surface area contributed by atoms with Gasteiger partial charge in [-0.05, 0) is 29.4 Å². The molecule has 0 unspecified atom stereocenters. The number of rotatable bonds is 0. The molecule has 2 aromatic rings. The molecular weight excluding hydrogens is 200 g/mol. The summed E-state index contributed by atoms with van der Waals surface area (Å²) in [7, 11) is 0. The third kappa shape index (κ3) is 1.09. The first-order chi connectivity index (χ1) is 7.77. The molecule has 0 saturated heterocycles. The van der Waals surface area contributed by atoms with Crippen LogP contribution in [0.2, 0.25) is 0 Å². The van der Waals surface area contributed by atoms with Crippen LogP contribution in [0.4, 0.5) is 0 Å². The van der Waals surface area contributed by atoms with Gasteiger partial charge in [0.25, 0.3) is 0 Å². The van der Waals surface area contributed by atoms with Gasteiger partial charge in [-0.25, -0.2) is 0 Å². The molecule has 0 bridgehead atoms. The summed E-state index contributed by atoms with van der Waals surface area (Å²) in [5, 5.41) is 1.60. The molecule has 74 valence electrons. The standard InChI is InChI=1S/C14H6O2/c15-12-7-8-13(16)11-6-2-4-9-3-1-5-10(12)14(9)11/h1-6H. The van der Waals surface area contributed by atoms with Crippen molar-refractivity contribution >= 4 is 22.3 Å². The van der Waals surface area contributed by atoms with Gasteiger partial charge in [-0.3, -0.25) is 9.59 Å². The summed E-state index contributed by atoms with van der Waals surface area (Å²) in [4.78, 5) is 23.4. The Hall–Kier alpha value is -2.40. The van der Waals surface area contributed by atoms with Crippen LogP contribution in [-0.4, -0.2) is 11.6 Å². The maximum atomic E-state index is 11.7. The Morgan fingerprint density at radius 2 is 1.25 bits per heavy atom. The average Bonchev–Trinajstić information content (AvgIpc) is 2.44. The topological polar surface area (TPSA) is 34.1 Å². The highest BCUT2D eigenvalue weighted by molar-refractivity contribution is 6.28. The van der Waals surface area contributed by atoms with E-state index in [9.17, 15) is 9.59 Å². The van der Waals surface area contributed by atoms with Gasteiger partial charge >= 0.3 is 0 Å². The lowest BCUT2D eigenvalue weighted by Gasteiger charge is -2.04. The van der Waals surface area contributed by atoms with Gasteiger partial charge in [-0.15, -0.1) is 0 Å². The fourth-order valence-electron chi connectivity index (χ4n) is 1.97. The second-order valence-corrected chi connectivity index (χ2v) is 3.62. The zero-order valence-electron chi connectivity index (χ0n) is 8.28. The highest BCUT2D eigenvalue weighted by Crippen LogP contribution is 2.25. The maximum Gasteiger partial charge on any atom is 0.237 e.